The zero-order valence-corrected chi connectivity index (χ0v) is 9.22. The number of carbonyl (C=O) groups excluding carboxylic acids is 1. The third-order valence-corrected chi connectivity index (χ3v) is 2.37. The first-order valence-corrected chi connectivity index (χ1v) is 5.31. The van der Waals surface area contributed by atoms with Gasteiger partial charge < -0.3 is 4.74 Å². The molecule has 0 saturated carbocycles. The number of nitrogens with zero attached hydrogens (tertiary/aromatic N) is 2. The SMILES string of the molecule is CC(=O)OCCCn1ncc2ccccc21. The molecule has 0 aliphatic carbocycles. The van der Waals surface area contributed by atoms with E-state index in [1.165, 1.54) is 6.92 Å². The van der Waals surface area contributed by atoms with Crippen LogP contribution in [0, 0.1) is 0 Å². The van der Waals surface area contributed by atoms with Crippen molar-refractivity contribution in [2.75, 3.05) is 6.61 Å². The molecule has 1 aromatic carbocycles. The summed E-state index contributed by atoms with van der Waals surface area (Å²) < 4.78 is 6.80. The Morgan fingerprint density at radius 3 is 3.06 bits per heavy atom. The van der Waals surface area contributed by atoms with E-state index >= 15 is 0 Å². The summed E-state index contributed by atoms with van der Waals surface area (Å²) in [5.41, 5.74) is 1.12. The van der Waals surface area contributed by atoms with Gasteiger partial charge in [-0.2, -0.15) is 5.10 Å². The molecular weight excluding hydrogens is 204 g/mol. The third-order valence-electron chi connectivity index (χ3n) is 2.37. The number of hydrogen-bond acceptors (Lipinski definition) is 3. The molecule has 0 fully saturated rings. The number of carbonyl (C=O) groups is 1. The summed E-state index contributed by atoms with van der Waals surface area (Å²) in [5.74, 6) is -0.231. The number of hydrogen-bond donors (Lipinski definition) is 0. The number of esters is 1. The maximum atomic E-state index is 10.6. The number of benzene rings is 1. The van der Waals surface area contributed by atoms with Gasteiger partial charge in [-0.25, -0.2) is 0 Å². The van der Waals surface area contributed by atoms with Gasteiger partial charge in [0.1, 0.15) is 0 Å². The smallest absolute Gasteiger partial charge is 0.302 e. The highest BCUT2D eigenvalue weighted by molar-refractivity contribution is 5.78. The molecule has 16 heavy (non-hydrogen) atoms. The van der Waals surface area contributed by atoms with Crippen LogP contribution in [0.5, 0.6) is 0 Å². The van der Waals surface area contributed by atoms with E-state index in [0.717, 1.165) is 23.9 Å². The van der Waals surface area contributed by atoms with Crippen molar-refractivity contribution < 1.29 is 9.53 Å². The third kappa shape index (κ3) is 2.39. The van der Waals surface area contributed by atoms with E-state index in [1.807, 2.05) is 35.1 Å². The molecule has 84 valence electrons. The molecule has 0 bridgehead atoms. The first-order chi connectivity index (χ1) is 7.77. The summed E-state index contributed by atoms with van der Waals surface area (Å²) in [5, 5.41) is 5.42. The van der Waals surface area contributed by atoms with Crippen LogP contribution in [0.25, 0.3) is 10.9 Å². The maximum absolute atomic E-state index is 10.6. The summed E-state index contributed by atoms with van der Waals surface area (Å²) in [6.45, 7) is 2.63. The average molecular weight is 218 g/mol. The van der Waals surface area contributed by atoms with Crippen LogP contribution < -0.4 is 0 Å². The number of rotatable bonds is 4. The lowest BCUT2D eigenvalue weighted by Crippen LogP contribution is -2.06. The van der Waals surface area contributed by atoms with Gasteiger partial charge in [-0.1, -0.05) is 18.2 Å². The normalized spacial score (nSPS) is 10.6. The van der Waals surface area contributed by atoms with E-state index in [4.69, 9.17) is 4.74 Å². The number of aromatic nitrogens is 2. The minimum absolute atomic E-state index is 0.231. The Bertz CT molecular complexity index is 490. The van der Waals surface area contributed by atoms with Crippen LogP contribution in [-0.2, 0) is 16.1 Å². The molecule has 0 saturated heterocycles. The van der Waals surface area contributed by atoms with Crippen molar-refractivity contribution in [1.29, 1.82) is 0 Å². The molecule has 0 amide bonds. The van der Waals surface area contributed by atoms with E-state index in [0.29, 0.717) is 6.61 Å². The Labute approximate surface area is 93.8 Å². The van der Waals surface area contributed by atoms with Gasteiger partial charge in [0.2, 0.25) is 0 Å². The predicted molar refractivity (Wildman–Crippen MR) is 61.0 cm³/mol. The molecule has 0 spiro atoms. The molecule has 0 radical (unpaired) electrons. The lowest BCUT2D eigenvalue weighted by Gasteiger charge is -2.03. The Morgan fingerprint density at radius 1 is 1.44 bits per heavy atom. The van der Waals surface area contributed by atoms with Gasteiger partial charge in [-0.15, -0.1) is 0 Å². The second kappa shape index (κ2) is 4.79. The van der Waals surface area contributed by atoms with Gasteiger partial charge in [0.15, 0.2) is 0 Å². The summed E-state index contributed by atoms with van der Waals surface area (Å²) in [6, 6.07) is 8.05. The lowest BCUT2D eigenvalue weighted by molar-refractivity contribution is -0.141. The lowest BCUT2D eigenvalue weighted by atomic mass is 10.2. The van der Waals surface area contributed by atoms with Gasteiger partial charge in [-0.05, 0) is 6.07 Å². The zero-order valence-electron chi connectivity index (χ0n) is 9.22. The summed E-state index contributed by atoms with van der Waals surface area (Å²) in [4.78, 5) is 10.6. The number of ether oxygens (including phenoxy) is 1. The van der Waals surface area contributed by atoms with Crippen LogP contribution in [0.15, 0.2) is 30.5 Å². The van der Waals surface area contributed by atoms with Gasteiger partial charge >= 0.3 is 5.97 Å². The fourth-order valence-electron chi connectivity index (χ4n) is 1.63. The summed E-state index contributed by atoms with van der Waals surface area (Å²) in [6.07, 6.45) is 2.63. The van der Waals surface area contributed by atoms with Crippen molar-refractivity contribution in [2.24, 2.45) is 0 Å². The van der Waals surface area contributed by atoms with Crippen molar-refractivity contribution in [3.8, 4) is 0 Å². The maximum Gasteiger partial charge on any atom is 0.302 e. The quantitative estimate of drug-likeness (QED) is 0.582. The molecule has 0 aliphatic rings. The van der Waals surface area contributed by atoms with Crippen LogP contribution >= 0.6 is 0 Å². The highest BCUT2D eigenvalue weighted by atomic mass is 16.5. The molecule has 4 nitrogen and oxygen atoms in total. The molecule has 2 rings (SSSR count). The Kier molecular flexibility index (Phi) is 3.19. The van der Waals surface area contributed by atoms with E-state index in [9.17, 15) is 4.79 Å². The van der Waals surface area contributed by atoms with Crippen LogP contribution in [0.4, 0.5) is 0 Å². The van der Waals surface area contributed by atoms with Crippen LogP contribution in [0.1, 0.15) is 13.3 Å². The van der Waals surface area contributed by atoms with E-state index < -0.39 is 0 Å². The molecule has 0 aliphatic heterocycles. The zero-order chi connectivity index (χ0) is 11.4. The van der Waals surface area contributed by atoms with Crippen molar-refractivity contribution in [3.05, 3.63) is 30.5 Å². The highest BCUT2D eigenvalue weighted by Crippen LogP contribution is 2.12. The molecule has 1 aromatic heterocycles. The largest absolute Gasteiger partial charge is 0.466 e. The van der Waals surface area contributed by atoms with Crippen molar-refractivity contribution in [3.63, 3.8) is 0 Å². The van der Waals surface area contributed by atoms with Gasteiger partial charge in [0, 0.05) is 25.3 Å². The van der Waals surface area contributed by atoms with Crippen LogP contribution in [-0.4, -0.2) is 22.4 Å². The minimum atomic E-state index is -0.231. The van der Waals surface area contributed by atoms with Crippen LogP contribution in [0.2, 0.25) is 0 Å². The molecule has 0 N–H and O–H groups in total. The van der Waals surface area contributed by atoms with Crippen molar-refractivity contribution in [1.82, 2.24) is 9.78 Å². The molecule has 1 heterocycles. The molecule has 0 atom stereocenters. The number of fused-ring (bicyclic) bond motifs is 1. The van der Waals surface area contributed by atoms with Gasteiger partial charge in [-0.3, -0.25) is 9.48 Å². The minimum Gasteiger partial charge on any atom is -0.466 e. The standard InChI is InChI=1S/C12H14N2O2/c1-10(15)16-8-4-7-14-12-6-3-2-5-11(12)9-13-14/h2-3,5-6,9H,4,7-8H2,1H3. The van der Waals surface area contributed by atoms with Crippen molar-refractivity contribution >= 4 is 16.9 Å². The first-order valence-electron chi connectivity index (χ1n) is 5.31. The Hall–Kier alpha value is -1.84. The second-order valence-electron chi connectivity index (χ2n) is 3.62. The first kappa shape index (κ1) is 10.7. The number of para-hydroxylation sites is 1. The monoisotopic (exact) mass is 218 g/mol. The Balaban J connectivity index is 1.97. The van der Waals surface area contributed by atoms with Gasteiger partial charge in [0.25, 0.3) is 0 Å². The highest BCUT2D eigenvalue weighted by Gasteiger charge is 2.01. The average Bonchev–Trinajstić information content (AvgIpc) is 2.68. The molecule has 0 unspecified atom stereocenters. The molecule has 4 heteroatoms. The molecule has 2 aromatic rings. The second-order valence-corrected chi connectivity index (χ2v) is 3.62. The fraction of sp³-hybridized carbons (Fsp3) is 0.333. The van der Waals surface area contributed by atoms with Gasteiger partial charge in [0.05, 0.1) is 18.3 Å². The summed E-state index contributed by atoms with van der Waals surface area (Å²) in [7, 11) is 0. The summed E-state index contributed by atoms with van der Waals surface area (Å²) >= 11 is 0. The van der Waals surface area contributed by atoms with E-state index in [-0.39, 0.29) is 5.97 Å². The molecular formula is C12H14N2O2. The fourth-order valence-corrected chi connectivity index (χ4v) is 1.63. The topological polar surface area (TPSA) is 44.1 Å². The van der Waals surface area contributed by atoms with E-state index in [1.54, 1.807) is 0 Å². The Morgan fingerprint density at radius 2 is 2.25 bits per heavy atom. The van der Waals surface area contributed by atoms with Crippen molar-refractivity contribution in [2.45, 2.75) is 19.9 Å². The van der Waals surface area contributed by atoms with E-state index in [2.05, 4.69) is 5.10 Å². The number of aryl methyl sites for hydroxylation is 1. The predicted octanol–water partition coefficient (Wildman–Crippen LogP) is 1.99. The van der Waals surface area contributed by atoms with Crippen LogP contribution in [0.3, 0.4) is 0 Å².